The van der Waals surface area contributed by atoms with Crippen molar-refractivity contribution in [2.24, 2.45) is 7.05 Å². The number of nitrogens with zero attached hydrogens (tertiary/aromatic N) is 4. The van der Waals surface area contributed by atoms with E-state index in [-0.39, 0.29) is 0 Å². The van der Waals surface area contributed by atoms with Gasteiger partial charge in [0.25, 0.3) is 0 Å². The third-order valence-electron chi connectivity index (χ3n) is 1.87. The van der Waals surface area contributed by atoms with Crippen LogP contribution >= 0.6 is 0 Å². The summed E-state index contributed by atoms with van der Waals surface area (Å²) in [5.41, 5.74) is 1.91. The van der Waals surface area contributed by atoms with Gasteiger partial charge in [-0.1, -0.05) is 19.1 Å². The van der Waals surface area contributed by atoms with Gasteiger partial charge in [0.05, 0.1) is 12.2 Å². The molecule has 1 aromatic rings. The molecule has 1 rings (SSSR count). The molecule has 0 saturated heterocycles. The summed E-state index contributed by atoms with van der Waals surface area (Å²) in [5, 5.41) is 18.1. The first-order chi connectivity index (χ1) is 6.02. The molecule has 0 amide bonds. The number of aryl methyl sites for hydroxylation is 1. The minimum Gasteiger partial charge on any atom is -0.314 e. The van der Waals surface area contributed by atoms with Crippen LogP contribution in [0.5, 0.6) is 0 Å². The van der Waals surface area contributed by atoms with Crippen LogP contribution < -0.4 is 0 Å². The molecule has 0 fully saturated rings. The lowest BCUT2D eigenvalue weighted by atomic mass is 10.1. The van der Waals surface area contributed by atoms with Gasteiger partial charge in [-0.25, -0.2) is 0 Å². The van der Waals surface area contributed by atoms with Crippen LogP contribution in [0, 0.1) is 0 Å². The zero-order valence-electron chi connectivity index (χ0n) is 8.52. The molecular weight excluding hydrogens is 168 g/mol. The van der Waals surface area contributed by atoms with Gasteiger partial charge in [0.15, 0.2) is 0 Å². The Morgan fingerprint density at radius 2 is 2.15 bits per heavy atom. The summed E-state index contributed by atoms with van der Waals surface area (Å²) in [4.78, 5) is 0. The number of hydrogen-bond acceptors (Lipinski definition) is 4. The molecule has 0 aliphatic carbocycles. The zero-order valence-corrected chi connectivity index (χ0v) is 8.52. The van der Waals surface area contributed by atoms with Crippen molar-refractivity contribution < 1.29 is 5.21 Å². The molecule has 13 heavy (non-hydrogen) atoms. The Balaban J connectivity index is 2.94. The van der Waals surface area contributed by atoms with Gasteiger partial charge in [-0.05, 0) is 5.92 Å². The molecular formula is C8H16N4O. The normalized spacial score (nSPS) is 11.6. The van der Waals surface area contributed by atoms with Crippen LogP contribution in [-0.2, 0) is 13.6 Å². The van der Waals surface area contributed by atoms with E-state index in [0.29, 0.717) is 12.5 Å². The predicted molar refractivity (Wildman–Crippen MR) is 48.3 cm³/mol. The summed E-state index contributed by atoms with van der Waals surface area (Å²) < 4.78 is 1.75. The van der Waals surface area contributed by atoms with Crippen molar-refractivity contribution in [1.29, 1.82) is 0 Å². The van der Waals surface area contributed by atoms with Crippen molar-refractivity contribution in [2.45, 2.75) is 26.3 Å². The molecule has 0 saturated carbocycles. The third kappa shape index (κ3) is 2.26. The summed E-state index contributed by atoms with van der Waals surface area (Å²) in [6, 6.07) is 0. The van der Waals surface area contributed by atoms with Crippen LogP contribution in [0.4, 0.5) is 0 Å². The minimum atomic E-state index is 0.370. The molecule has 0 bridgehead atoms. The maximum absolute atomic E-state index is 9.08. The highest BCUT2D eigenvalue weighted by Gasteiger charge is 2.14. The second kappa shape index (κ2) is 3.85. The van der Waals surface area contributed by atoms with Gasteiger partial charge in [0, 0.05) is 14.1 Å². The summed E-state index contributed by atoms with van der Waals surface area (Å²) in [7, 11) is 3.46. The van der Waals surface area contributed by atoms with E-state index in [0.717, 1.165) is 16.5 Å². The van der Waals surface area contributed by atoms with Crippen LogP contribution in [0.25, 0.3) is 0 Å². The lowest BCUT2D eigenvalue weighted by molar-refractivity contribution is -0.0743. The van der Waals surface area contributed by atoms with Crippen molar-refractivity contribution in [2.75, 3.05) is 7.05 Å². The monoisotopic (exact) mass is 184 g/mol. The average molecular weight is 184 g/mol. The molecule has 0 aromatic carbocycles. The summed E-state index contributed by atoms with van der Waals surface area (Å²) in [5.74, 6) is 0.370. The summed E-state index contributed by atoms with van der Waals surface area (Å²) >= 11 is 0. The minimum absolute atomic E-state index is 0.370. The van der Waals surface area contributed by atoms with Crippen molar-refractivity contribution in [1.82, 2.24) is 20.1 Å². The van der Waals surface area contributed by atoms with Gasteiger partial charge in [0.2, 0.25) is 0 Å². The van der Waals surface area contributed by atoms with Crippen molar-refractivity contribution in [3.63, 3.8) is 0 Å². The lowest BCUT2D eigenvalue weighted by Crippen LogP contribution is -2.14. The Labute approximate surface area is 77.9 Å². The molecule has 0 unspecified atom stereocenters. The molecule has 5 nitrogen and oxygen atoms in total. The second-order valence-corrected chi connectivity index (χ2v) is 3.52. The molecule has 1 N–H and O–H groups in total. The number of aromatic nitrogens is 3. The van der Waals surface area contributed by atoms with Crippen LogP contribution in [0.15, 0.2) is 0 Å². The van der Waals surface area contributed by atoms with Crippen LogP contribution in [0.3, 0.4) is 0 Å². The molecule has 0 aliphatic heterocycles. The van der Waals surface area contributed by atoms with E-state index in [1.54, 1.807) is 11.7 Å². The molecule has 74 valence electrons. The van der Waals surface area contributed by atoms with Gasteiger partial charge in [-0.3, -0.25) is 4.68 Å². The molecule has 0 spiro atoms. The smallest absolute Gasteiger partial charge is 0.103 e. The summed E-state index contributed by atoms with van der Waals surface area (Å²) in [6.45, 7) is 4.58. The average Bonchev–Trinajstić information content (AvgIpc) is 2.30. The fraction of sp³-hybridized carbons (Fsp3) is 0.750. The highest BCUT2D eigenvalue weighted by atomic mass is 16.5. The van der Waals surface area contributed by atoms with E-state index in [1.807, 2.05) is 7.05 Å². The summed E-state index contributed by atoms with van der Waals surface area (Å²) in [6.07, 6.45) is 0. The molecule has 1 aromatic heterocycles. The Morgan fingerprint density at radius 3 is 2.62 bits per heavy atom. The molecule has 0 atom stereocenters. The number of hydroxylamine groups is 2. The van der Waals surface area contributed by atoms with Crippen molar-refractivity contribution >= 4 is 0 Å². The van der Waals surface area contributed by atoms with E-state index in [9.17, 15) is 0 Å². The van der Waals surface area contributed by atoms with Gasteiger partial charge in [-0.15, -0.1) is 5.10 Å². The third-order valence-corrected chi connectivity index (χ3v) is 1.87. The van der Waals surface area contributed by atoms with Crippen LogP contribution in [0.1, 0.15) is 31.2 Å². The second-order valence-electron chi connectivity index (χ2n) is 3.52. The standard InChI is InChI=1S/C8H16N4O/c1-6(2)8-7(5-11(3)13)9-10-12(8)4/h6,13H,5H2,1-4H3. The predicted octanol–water partition coefficient (Wildman–Crippen LogP) is 0.759. The Bertz CT molecular complexity index is 280. The Kier molecular flexibility index (Phi) is 3.00. The molecule has 0 radical (unpaired) electrons. The van der Waals surface area contributed by atoms with E-state index in [1.165, 1.54) is 0 Å². The number of rotatable bonds is 3. The van der Waals surface area contributed by atoms with Crippen molar-refractivity contribution in [3.05, 3.63) is 11.4 Å². The topological polar surface area (TPSA) is 54.2 Å². The Morgan fingerprint density at radius 1 is 1.54 bits per heavy atom. The fourth-order valence-corrected chi connectivity index (χ4v) is 1.44. The fourth-order valence-electron chi connectivity index (χ4n) is 1.44. The van der Waals surface area contributed by atoms with Gasteiger partial charge < -0.3 is 5.21 Å². The van der Waals surface area contributed by atoms with Crippen molar-refractivity contribution in [3.8, 4) is 0 Å². The Hall–Kier alpha value is -0.940. The van der Waals surface area contributed by atoms with Gasteiger partial charge in [0.1, 0.15) is 5.69 Å². The maximum Gasteiger partial charge on any atom is 0.103 e. The van der Waals surface area contributed by atoms with Gasteiger partial charge >= 0.3 is 0 Å². The van der Waals surface area contributed by atoms with E-state index in [2.05, 4.69) is 24.2 Å². The zero-order chi connectivity index (χ0) is 10.0. The first-order valence-corrected chi connectivity index (χ1v) is 4.30. The molecule has 5 heteroatoms. The first kappa shape index (κ1) is 10.1. The molecule has 1 heterocycles. The van der Waals surface area contributed by atoms with Crippen LogP contribution in [-0.4, -0.2) is 32.3 Å². The first-order valence-electron chi connectivity index (χ1n) is 4.30. The van der Waals surface area contributed by atoms with E-state index >= 15 is 0 Å². The van der Waals surface area contributed by atoms with E-state index in [4.69, 9.17) is 5.21 Å². The molecule has 0 aliphatic rings. The van der Waals surface area contributed by atoms with E-state index < -0.39 is 0 Å². The largest absolute Gasteiger partial charge is 0.314 e. The number of hydrogen-bond donors (Lipinski definition) is 1. The lowest BCUT2D eigenvalue weighted by Gasteiger charge is -2.10. The quantitative estimate of drug-likeness (QED) is 0.705. The van der Waals surface area contributed by atoms with Crippen LogP contribution in [0.2, 0.25) is 0 Å². The SMILES string of the molecule is CC(C)c1c(CN(C)O)nnn1C. The van der Waals surface area contributed by atoms with Gasteiger partial charge in [-0.2, -0.15) is 5.06 Å². The highest BCUT2D eigenvalue weighted by molar-refractivity contribution is 5.13. The highest BCUT2D eigenvalue weighted by Crippen LogP contribution is 2.16. The maximum atomic E-state index is 9.08.